The van der Waals surface area contributed by atoms with Crippen LogP contribution in [0.2, 0.25) is 5.02 Å². The van der Waals surface area contributed by atoms with Crippen molar-refractivity contribution < 1.29 is 51.1 Å². The lowest BCUT2D eigenvalue weighted by molar-refractivity contribution is -0.0589. The fourth-order valence-electron chi connectivity index (χ4n) is 6.06. The van der Waals surface area contributed by atoms with Gasteiger partial charge < -0.3 is 33.4 Å². The number of fused-ring (bicyclic) bond motifs is 2. The maximum atomic E-state index is 16.2. The van der Waals surface area contributed by atoms with Gasteiger partial charge in [0.1, 0.15) is 53.0 Å². The number of imidazole rings is 1. The monoisotopic (exact) mass is 714 g/mol. The average Bonchev–Trinajstić information content (AvgIpc) is 3.68. The molecule has 0 spiro atoms. The summed E-state index contributed by atoms with van der Waals surface area (Å²) in [6.45, 7) is -2.38. The molecule has 1 N–H and O–H groups in total. The van der Waals surface area contributed by atoms with Crippen molar-refractivity contribution in [3.8, 4) is 34.4 Å². The number of nitrogens with zero attached hydrogens (tertiary/aromatic N) is 4. The van der Waals surface area contributed by atoms with Gasteiger partial charge in [-0.15, -0.1) is 0 Å². The van der Waals surface area contributed by atoms with E-state index in [1.54, 1.807) is 0 Å². The zero-order chi connectivity index (χ0) is 35.1. The Morgan fingerprint density at radius 2 is 1.96 bits per heavy atom. The first-order chi connectivity index (χ1) is 24.1. The molecule has 3 aromatic carbocycles. The Hall–Kier alpha value is -5.15. The molecule has 0 amide bonds. The second-order valence-electron chi connectivity index (χ2n) is 11.5. The molecule has 2 aliphatic heterocycles. The Kier molecular flexibility index (Phi) is 9.09. The maximum Gasteiger partial charge on any atom is 0.387 e. The summed E-state index contributed by atoms with van der Waals surface area (Å²) < 4.78 is 86.8. The molecular formula is C34H27ClF4N4O7. The summed E-state index contributed by atoms with van der Waals surface area (Å²) in [6, 6.07) is 8.01. The quantitative estimate of drug-likeness (QED) is 0.141. The van der Waals surface area contributed by atoms with Gasteiger partial charge in [0.15, 0.2) is 0 Å². The van der Waals surface area contributed by atoms with Gasteiger partial charge in [0, 0.05) is 46.7 Å². The lowest BCUT2D eigenvalue weighted by atomic mass is 9.96. The number of hydrogen-bond acceptors (Lipinski definition) is 9. The largest absolute Gasteiger partial charge is 0.494 e. The Morgan fingerprint density at radius 3 is 2.68 bits per heavy atom. The van der Waals surface area contributed by atoms with E-state index in [2.05, 4.69) is 14.7 Å². The highest BCUT2D eigenvalue weighted by atomic mass is 35.5. The first-order valence-electron chi connectivity index (χ1n) is 15.4. The number of carboxylic acid groups (broad SMARTS) is 1. The van der Waals surface area contributed by atoms with Crippen LogP contribution >= 0.6 is 11.6 Å². The van der Waals surface area contributed by atoms with Crippen molar-refractivity contribution in [3.05, 3.63) is 87.5 Å². The number of methoxy groups -OCH3 is 1. The van der Waals surface area contributed by atoms with Crippen molar-refractivity contribution in [3.63, 3.8) is 0 Å². The van der Waals surface area contributed by atoms with E-state index >= 15 is 8.78 Å². The van der Waals surface area contributed by atoms with Crippen molar-refractivity contribution in [1.82, 2.24) is 19.5 Å². The minimum Gasteiger partial charge on any atom is -0.494 e. The second-order valence-corrected chi connectivity index (χ2v) is 11.9. The third-order valence-corrected chi connectivity index (χ3v) is 8.78. The molecule has 2 aliphatic rings. The molecule has 0 aliphatic carbocycles. The highest BCUT2D eigenvalue weighted by Crippen LogP contribution is 2.42. The molecule has 1 fully saturated rings. The van der Waals surface area contributed by atoms with Crippen molar-refractivity contribution in [1.29, 1.82) is 0 Å². The van der Waals surface area contributed by atoms with Gasteiger partial charge in [0.05, 0.1) is 37.4 Å². The number of alkyl halides is 2. The minimum absolute atomic E-state index is 0.00447. The van der Waals surface area contributed by atoms with E-state index in [1.165, 1.54) is 37.4 Å². The van der Waals surface area contributed by atoms with Gasteiger partial charge in [-0.3, -0.25) is 0 Å². The normalized spacial score (nSPS) is 15.1. The van der Waals surface area contributed by atoms with Gasteiger partial charge >= 0.3 is 12.6 Å². The molecule has 4 heterocycles. The standard InChI is InChI=1S/C34H27ClF4N4O7/c1-46-26-9-17(33(44)45)8-24-30(26)42-27(43(24)13-19-4-6-47-19)12-21-20-5-7-48-31(20)22(11-23(21)36)29-28(37)32(41-15-40-29)49-14-16-2-3-18(35)10-25(16)50-34(38)39/h2-3,8-11,15,19,34H,4-7,12-14H2,1H3,(H,44,45)/t19-/m0/s1. The van der Waals surface area contributed by atoms with Crippen LogP contribution in [0.1, 0.15) is 39.3 Å². The van der Waals surface area contributed by atoms with Gasteiger partial charge in [-0.1, -0.05) is 17.7 Å². The van der Waals surface area contributed by atoms with Gasteiger partial charge in [0.2, 0.25) is 5.82 Å². The molecule has 0 radical (unpaired) electrons. The summed E-state index contributed by atoms with van der Waals surface area (Å²) in [5.41, 5.74) is 1.57. The summed E-state index contributed by atoms with van der Waals surface area (Å²) in [7, 11) is 1.41. The number of benzene rings is 3. The van der Waals surface area contributed by atoms with Crippen LogP contribution in [0.15, 0.2) is 42.7 Å². The fourth-order valence-corrected chi connectivity index (χ4v) is 6.23. The Bertz CT molecular complexity index is 2130. The number of aromatic nitrogens is 4. The zero-order valence-corrected chi connectivity index (χ0v) is 27.0. The summed E-state index contributed by atoms with van der Waals surface area (Å²) in [6.07, 6.45) is 2.00. The predicted molar refractivity (Wildman–Crippen MR) is 169 cm³/mol. The lowest BCUT2D eigenvalue weighted by Crippen LogP contribution is -2.31. The van der Waals surface area contributed by atoms with Crippen LogP contribution in [0.25, 0.3) is 22.3 Å². The molecule has 0 unspecified atom stereocenters. The molecule has 50 heavy (non-hydrogen) atoms. The van der Waals surface area contributed by atoms with E-state index in [-0.39, 0.29) is 69.4 Å². The number of hydrogen-bond donors (Lipinski definition) is 1. The van der Waals surface area contributed by atoms with E-state index in [1.807, 2.05) is 4.57 Å². The highest BCUT2D eigenvalue weighted by Gasteiger charge is 2.30. The van der Waals surface area contributed by atoms with Crippen LogP contribution < -0.4 is 18.9 Å². The van der Waals surface area contributed by atoms with Gasteiger partial charge in [0.25, 0.3) is 5.88 Å². The lowest BCUT2D eigenvalue weighted by Gasteiger charge is -2.27. The highest BCUT2D eigenvalue weighted by molar-refractivity contribution is 6.30. The van der Waals surface area contributed by atoms with Gasteiger partial charge in [-0.2, -0.15) is 18.2 Å². The Morgan fingerprint density at radius 1 is 1.14 bits per heavy atom. The predicted octanol–water partition coefficient (Wildman–Crippen LogP) is 6.63. The third kappa shape index (κ3) is 6.33. The topological polar surface area (TPSA) is 127 Å². The molecule has 1 atom stereocenters. The summed E-state index contributed by atoms with van der Waals surface area (Å²) in [5.74, 6) is -2.67. The van der Waals surface area contributed by atoms with Crippen LogP contribution in [-0.4, -0.2) is 63.6 Å². The van der Waals surface area contributed by atoms with E-state index in [0.29, 0.717) is 42.0 Å². The molecule has 7 rings (SSSR count). The first-order valence-corrected chi connectivity index (χ1v) is 15.7. The van der Waals surface area contributed by atoms with Crippen molar-refractivity contribution in [2.75, 3.05) is 20.3 Å². The SMILES string of the molecule is COc1cc(C(=O)O)cc2c1nc(Cc1c(F)cc(-c3ncnc(OCc4ccc(Cl)cc4OC(F)F)c3F)c3c1CCO3)n2C[C@@H]1CCO1. The number of halogens is 5. The fraction of sp³-hybridized carbons (Fsp3) is 0.294. The van der Waals surface area contributed by atoms with Gasteiger partial charge in [-0.25, -0.2) is 19.2 Å². The summed E-state index contributed by atoms with van der Waals surface area (Å²) in [4.78, 5) is 24.5. The Labute approximate surface area is 286 Å². The van der Waals surface area contributed by atoms with Crippen LogP contribution in [-0.2, 0) is 30.7 Å². The van der Waals surface area contributed by atoms with Gasteiger partial charge in [-0.05, 0) is 36.8 Å². The Balaban J connectivity index is 1.24. The smallest absolute Gasteiger partial charge is 0.387 e. The number of ether oxygens (including phenoxy) is 5. The third-order valence-electron chi connectivity index (χ3n) is 8.54. The van der Waals surface area contributed by atoms with E-state index < -0.39 is 36.7 Å². The van der Waals surface area contributed by atoms with Crippen molar-refractivity contribution in [2.45, 2.75) is 45.1 Å². The first kappa shape index (κ1) is 33.4. The van der Waals surface area contributed by atoms with Crippen LogP contribution in [0.4, 0.5) is 17.6 Å². The molecule has 260 valence electrons. The van der Waals surface area contributed by atoms with Crippen LogP contribution in [0, 0.1) is 11.6 Å². The molecule has 1 saturated heterocycles. The molecule has 11 nitrogen and oxygen atoms in total. The van der Waals surface area contributed by atoms with E-state index in [0.717, 1.165) is 18.8 Å². The zero-order valence-electron chi connectivity index (χ0n) is 26.2. The second kappa shape index (κ2) is 13.6. The number of carboxylic acids is 1. The number of rotatable bonds is 12. The maximum absolute atomic E-state index is 16.2. The van der Waals surface area contributed by atoms with E-state index in [4.69, 9.17) is 35.5 Å². The molecular weight excluding hydrogens is 688 g/mol. The molecule has 5 aromatic rings. The summed E-state index contributed by atoms with van der Waals surface area (Å²) in [5, 5.41) is 9.86. The molecule has 2 aromatic heterocycles. The molecule has 16 heteroatoms. The minimum atomic E-state index is -3.13. The van der Waals surface area contributed by atoms with Crippen LogP contribution in [0.5, 0.6) is 23.1 Å². The number of aromatic carboxylic acids is 1. The number of carbonyl (C=O) groups is 1. The molecule has 0 bridgehead atoms. The molecule has 0 saturated carbocycles. The van der Waals surface area contributed by atoms with E-state index in [9.17, 15) is 18.7 Å². The summed E-state index contributed by atoms with van der Waals surface area (Å²) >= 11 is 5.91. The van der Waals surface area contributed by atoms with Crippen molar-refractivity contribution >= 4 is 28.6 Å². The average molecular weight is 715 g/mol. The van der Waals surface area contributed by atoms with Crippen LogP contribution in [0.3, 0.4) is 0 Å². The van der Waals surface area contributed by atoms with Crippen molar-refractivity contribution in [2.24, 2.45) is 0 Å².